The molecule has 0 aromatic heterocycles. The van der Waals surface area contributed by atoms with Crippen molar-refractivity contribution in [1.82, 2.24) is 15.1 Å². The second kappa shape index (κ2) is 14.5. The highest BCUT2D eigenvalue weighted by Crippen LogP contribution is 2.47. The molecule has 8 nitrogen and oxygen atoms in total. The lowest BCUT2D eigenvalue weighted by molar-refractivity contribution is -0.146. The van der Waals surface area contributed by atoms with Crippen LogP contribution in [0, 0.1) is 11.8 Å². The van der Waals surface area contributed by atoms with Crippen molar-refractivity contribution in [1.29, 1.82) is 0 Å². The number of methoxy groups -OCH3 is 2. The zero-order valence-electron chi connectivity index (χ0n) is 28.6. The number of nitrogens with one attached hydrogen (secondary N) is 1. The van der Waals surface area contributed by atoms with Crippen LogP contribution in [0.3, 0.4) is 0 Å². The van der Waals surface area contributed by atoms with Crippen molar-refractivity contribution in [3.63, 3.8) is 0 Å². The summed E-state index contributed by atoms with van der Waals surface area (Å²) in [7, 11) is 2.92. The van der Waals surface area contributed by atoms with E-state index in [0.717, 1.165) is 43.1 Å². The van der Waals surface area contributed by atoms with Crippen LogP contribution in [-0.2, 0) is 20.5 Å². The van der Waals surface area contributed by atoms with Gasteiger partial charge in [-0.15, -0.1) is 0 Å². The number of carbonyl (C=O) groups is 2. The van der Waals surface area contributed by atoms with Crippen LogP contribution in [0.5, 0.6) is 5.75 Å². The van der Waals surface area contributed by atoms with Gasteiger partial charge in [-0.2, -0.15) is 13.2 Å². The average molecular weight is 689 g/mol. The van der Waals surface area contributed by atoms with E-state index in [1.165, 1.54) is 13.2 Å². The van der Waals surface area contributed by atoms with Gasteiger partial charge in [0.15, 0.2) is 0 Å². The van der Waals surface area contributed by atoms with E-state index in [2.05, 4.69) is 10.2 Å². The van der Waals surface area contributed by atoms with Crippen molar-refractivity contribution in [3.8, 4) is 5.75 Å². The molecule has 2 aromatic rings. The molecule has 49 heavy (non-hydrogen) atoms. The standard InChI is InChI=1S/C37H48F4N4O4/c1-4-24-20-44(21-31(24)30-10-7-27(37(39,40)41)19-33(30)43-17-13-26(14-18-43)34(46)49-3)35(47)36(38)23-45(28-11-15-42-16-12-28)22-32(36)25-5-8-29(48-2)9-6-25/h5-10,19,24,26,28,31-32,42H,4,11-18,20-23H2,1-3H3/t24-,31-,32-,36-/m0/s1. The normalized spacial score (nSPS) is 27.4. The maximum absolute atomic E-state index is 17.7. The van der Waals surface area contributed by atoms with Gasteiger partial charge in [-0.25, -0.2) is 4.39 Å². The SMILES string of the molecule is CC[C@H]1CN(C(=O)[C@]2(F)CN(C3CCNCC3)C[C@H]2c2ccc(OC)cc2)C[C@@H]1c1ccc(C(F)(F)F)cc1N1CCC(C(=O)OC)CC1. The van der Waals surface area contributed by atoms with Crippen molar-refractivity contribution in [2.75, 3.05) is 71.5 Å². The van der Waals surface area contributed by atoms with Crippen molar-refractivity contribution in [2.45, 2.75) is 68.8 Å². The van der Waals surface area contributed by atoms with Gasteiger partial charge in [-0.05, 0) is 80.1 Å². The zero-order valence-corrected chi connectivity index (χ0v) is 28.6. The Morgan fingerprint density at radius 2 is 1.65 bits per heavy atom. The van der Waals surface area contributed by atoms with E-state index in [9.17, 15) is 22.8 Å². The fourth-order valence-corrected chi connectivity index (χ4v) is 8.62. The molecule has 6 rings (SSSR count). The Bertz CT molecular complexity index is 1480. The number of ether oxygens (including phenoxy) is 2. The highest BCUT2D eigenvalue weighted by atomic mass is 19.4. The first-order chi connectivity index (χ1) is 23.5. The monoisotopic (exact) mass is 688 g/mol. The minimum atomic E-state index is -4.53. The maximum atomic E-state index is 17.7. The van der Waals surface area contributed by atoms with Gasteiger partial charge >= 0.3 is 12.1 Å². The summed E-state index contributed by atoms with van der Waals surface area (Å²) in [5, 5.41) is 3.37. The molecular weight excluding hydrogens is 640 g/mol. The number of hydrogen-bond acceptors (Lipinski definition) is 7. The molecule has 268 valence electrons. The van der Waals surface area contributed by atoms with Gasteiger partial charge in [0.1, 0.15) is 5.75 Å². The third kappa shape index (κ3) is 7.13. The first-order valence-corrected chi connectivity index (χ1v) is 17.6. The van der Waals surface area contributed by atoms with Crippen LogP contribution in [0.2, 0.25) is 0 Å². The predicted octanol–water partition coefficient (Wildman–Crippen LogP) is 5.62. The average Bonchev–Trinajstić information content (AvgIpc) is 3.73. The number of amides is 1. The fourth-order valence-electron chi connectivity index (χ4n) is 8.62. The van der Waals surface area contributed by atoms with Gasteiger partial charge in [0, 0.05) is 62.8 Å². The lowest BCUT2D eigenvalue weighted by Gasteiger charge is -2.35. The molecule has 4 saturated heterocycles. The molecular formula is C37H48F4N4O4. The van der Waals surface area contributed by atoms with E-state index in [1.807, 2.05) is 24.0 Å². The number of halogens is 4. The number of rotatable bonds is 8. The molecule has 1 amide bonds. The summed E-state index contributed by atoms with van der Waals surface area (Å²) in [6.07, 6.45) is -1.13. The Morgan fingerprint density at radius 1 is 0.959 bits per heavy atom. The molecule has 4 aliphatic rings. The van der Waals surface area contributed by atoms with Crippen LogP contribution in [-0.4, -0.2) is 100.0 Å². The Labute approximate surface area is 286 Å². The molecule has 4 fully saturated rings. The summed E-state index contributed by atoms with van der Waals surface area (Å²) >= 11 is 0. The smallest absolute Gasteiger partial charge is 0.416 e. The van der Waals surface area contributed by atoms with Crippen LogP contribution in [0.4, 0.5) is 23.2 Å². The first kappa shape index (κ1) is 35.4. The Kier molecular flexibility index (Phi) is 10.5. The Balaban J connectivity index is 1.29. The van der Waals surface area contributed by atoms with E-state index in [-0.39, 0.29) is 42.9 Å². The van der Waals surface area contributed by atoms with Crippen LogP contribution in [0.25, 0.3) is 0 Å². The largest absolute Gasteiger partial charge is 0.497 e. The lowest BCUT2D eigenvalue weighted by atomic mass is 9.84. The van der Waals surface area contributed by atoms with E-state index in [4.69, 9.17) is 9.47 Å². The number of anilines is 1. The number of esters is 1. The van der Waals surface area contributed by atoms with E-state index < -0.39 is 29.2 Å². The highest BCUT2D eigenvalue weighted by Gasteiger charge is 2.57. The maximum Gasteiger partial charge on any atom is 0.416 e. The van der Waals surface area contributed by atoms with Gasteiger partial charge in [0.05, 0.1) is 25.7 Å². The van der Waals surface area contributed by atoms with Gasteiger partial charge in [-0.1, -0.05) is 31.5 Å². The number of piperidine rings is 2. The summed E-state index contributed by atoms with van der Waals surface area (Å²) in [6.45, 7) is 5.52. The van der Waals surface area contributed by atoms with Gasteiger partial charge in [-0.3, -0.25) is 14.5 Å². The molecule has 0 aliphatic carbocycles. The Hall–Kier alpha value is -3.38. The van der Waals surface area contributed by atoms with Crippen molar-refractivity contribution >= 4 is 17.6 Å². The molecule has 12 heteroatoms. The predicted molar refractivity (Wildman–Crippen MR) is 179 cm³/mol. The van der Waals surface area contributed by atoms with E-state index >= 15 is 4.39 Å². The van der Waals surface area contributed by atoms with Gasteiger partial charge in [0.25, 0.3) is 5.91 Å². The summed E-state index contributed by atoms with van der Waals surface area (Å²) in [5.74, 6) is -1.49. The number of benzene rings is 2. The number of nitrogens with zero attached hydrogens (tertiary/aromatic N) is 3. The third-order valence-corrected chi connectivity index (χ3v) is 11.5. The first-order valence-electron chi connectivity index (χ1n) is 17.6. The van der Waals surface area contributed by atoms with Crippen LogP contribution >= 0.6 is 0 Å². The number of likely N-dealkylation sites (tertiary alicyclic amines) is 2. The van der Waals surface area contributed by atoms with Gasteiger partial charge < -0.3 is 24.6 Å². The molecule has 0 radical (unpaired) electrons. The lowest BCUT2D eigenvalue weighted by Crippen LogP contribution is -2.51. The van der Waals surface area contributed by atoms with Gasteiger partial charge in [0.2, 0.25) is 5.67 Å². The molecule has 0 unspecified atom stereocenters. The van der Waals surface area contributed by atoms with E-state index in [0.29, 0.717) is 56.9 Å². The molecule has 0 bridgehead atoms. The molecule has 2 aromatic carbocycles. The van der Waals surface area contributed by atoms with Crippen LogP contribution in [0.1, 0.15) is 67.6 Å². The summed E-state index contributed by atoms with van der Waals surface area (Å²) in [4.78, 5) is 32.4. The minimum Gasteiger partial charge on any atom is -0.497 e. The van der Waals surface area contributed by atoms with E-state index in [1.54, 1.807) is 30.2 Å². The fraction of sp³-hybridized carbons (Fsp3) is 0.622. The minimum absolute atomic E-state index is 0.00578. The molecule has 4 aliphatic heterocycles. The quantitative estimate of drug-likeness (QED) is 0.286. The topological polar surface area (TPSA) is 74.4 Å². The summed E-state index contributed by atoms with van der Waals surface area (Å²) in [6, 6.07) is 11.3. The molecule has 4 heterocycles. The summed E-state index contributed by atoms with van der Waals surface area (Å²) in [5.41, 5.74) is -0.953. The molecule has 0 spiro atoms. The van der Waals surface area contributed by atoms with Crippen LogP contribution in [0.15, 0.2) is 42.5 Å². The Morgan fingerprint density at radius 3 is 2.27 bits per heavy atom. The molecule has 4 atom stereocenters. The second-order valence-electron chi connectivity index (χ2n) is 14.1. The van der Waals surface area contributed by atoms with Crippen molar-refractivity contribution in [3.05, 3.63) is 59.2 Å². The number of alkyl halides is 4. The van der Waals surface area contributed by atoms with Crippen molar-refractivity contribution in [2.24, 2.45) is 11.8 Å². The number of hydrogen-bond donors (Lipinski definition) is 1. The summed E-state index contributed by atoms with van der Waals surface area (Å²) < 4.78 is 69.9. The highest BCUT2D eigenvalue weighted by molar-refractivity contribution is 5.88. The third-order valence-electron chi connectivity index (χ3n) is 11.5. The van der Waals surface area contributed by atoms with Crippen LogP contribution < -0.4 is 15.0 Å². The molecule has 0 saturated carbocycles. The molecule has 1 N–H and O–H groups in total. The second-order valence-corrected chi connectivity index (χ2v) is 14.1. The number of carbonyl (C=O) groups excluding carboxylic acids is 2. The zero-order chi connectivity index (χ0) is 34.9. The van der Waals surface area contributed by atoms with Crippen molar-refractivity contribution < 1.29 is 36.6 Å².